The fourth-order valence-electron chi connectivity index (χ4n) is 3.78. The minimum Gasteiger partial charge on any atom is -0.489 e. The van der Waals surface area contributed by atoms with Crippen molar-refractivity contribution in [3.8, 4) is 5.88 Å². The Balaban J connectivity index is 0.00000199. The molecule has 3 rings (SSSR count). The van der Waals surface area contributed by atoms with E-state index in [2.05, 4.69) is 16.8 Å². The Kier molecular flexibility index (Phi) is 11.6. The van der Waals surface area contributed by atoms with E-state index in [4.69, 9.17) is 18.9 Å². The van der Waals surface area contributed by atoms with Crippen LogP contribution in [0.4, 0.5) is 0 Å². The Morgan fingerprint density at radius 2 is 2.06 bits per heavy atom. The van der Waals surface area contributed by atoms with Crippen LogP contribution >= 0.6 is 0 Å². The van der Waals surface area contributed by atoms with Gasteiger partial charge in [0.2, 0.25) is 11.8 Å². The van der Waals surface area contributed by atoms with Gasteiger partial charge in [0.05, 0.1) is 12.8 Å². The van der Waals surface area contributed by atoms with Crippen LogP contribution in [-0.4, -0.2) is 41.1 Å². The van der Waals surface area contributed by atoms with Crippen LogP contribution in [0.1, 0.15) is 70.4 Å². The zero-order valence-corrected chi connectivity index (χ0v) is 21.9. The van der Waals surface area contributed by atoms with Gasteiger partial charge in [0.25, 0.3) is 0 Å². The molecule has 1 aliphatic rings. The van der Waals surface area contributed by atoms with Gasteiger partial charge in [-0.05, 0) is 65.3 Å². The van der Waals surface area contributed by atoms with Gasteiger partial charge in [-0.25, -0.2) is 9.97 Å². The highest BCUT2D eigenvalue weighted by atomic mass is 16.5. The third-order valence-corrected chi connectivity index (χ3v) is 5.80. The van der Waals surface area contributed by atoms with Crippen LogP contribution in [0.25, 0.3) is 5.57 Å². The number of pyridine rings is 1. The van der Waals surface area contributed by atoms with E-state index in [1.165, 1.54) is 19.4 Å². The number of ether oxygens (including phenoxy) is 2. The molecule has 0 N–H and O–H groups in total. The first kappa shape index (κ1) is 27.4. The van der Waals surface area contributed by atoms with Gasteiger partial charge in [-0.2, -0.15) is 0 Å². The van der Waals surface area contributed by atoms with Crippen molar-refractivity contribution in [2.24, 2.45) is 0 Å². The molecule has 3 heterocycles. The summed E-state index contributed by atoms with van der Waals surface area (Å²) in [6, 6.07) is 4.45. The lowest BCUT2D eigenvalue weighted by molar-refractivity contribution is 0.210. The number of hydrogen-bond donors (Lipinski definition) is 0. The molecule has 0 bridgehead atoms. The molecule has 0 aliphatic carbocycles. The van der Waals surface area contributed by atoms with Gasteiger partial charge in [0, 0.05) is 42.4 Å². The largest absolute Gasteiger partial charge is 0.489 e. The number of aromatic nitrogens is 2. The van der Waals surface area contributed by atoms with Gasteiger partial charge in [0.15, 0.2) is 0 Å². The third kappa shape index (κ3) is 8.17. The monoisotopic (exact) mass is 467 g/mol. The van der Waals surface area contributed by atoms with Crippen molar-refractivity contribution < 1.29 is 13.9 Å². The SMILES string of the molecule is CC.C\C=C/C(=C\C=C(/C)c1nc(CCN2CCCC2C)c(C)o1)OCc1ccc(OC)nc1. The Morgan fingerprint density at radius 3 is 2.68 bits per heavy atom. The first-order chi connectivity index (χ1) is 16.5. The maximum atomic E-state index is 5.96. The smallest absolute Gasteiger partial charge is 0.222 e. The fourth-order valence-corrected chi connectivity index (χ4v) is 3.78. The topological polar surface area (TPSA) is 60.6 Å². The number of allylic oxidation sites excluding steroid dienone is 5. The second-order valence-corrected chi connectivity index (χ2v) is 8.22. The standard InChI is InChI=1S/C26H35N3O3.C2H6/c1-6-8-23(31-18-22-11-13-25(30-5)27-17-22)12-10-19(2)26-28-24(21(4)32-26)14-16-29-15-7-9-20(29)3;1-2/h6,8,10-13,17,20H,7,9,14-16,18H2,1-5H3;1-2H3/b8-6-,19-10+,23-12+;. The molecule has 1 saturated heterocycles. The molecular weight excluding hydrogens is 426 g/mol. The Morgan fingerprint density at radius 1 is 1.26 bits per heavy atom. The molecule has 34 heavy (non-hydrogen) atoms. The summed E-state index contributed by atoms with van der Waals surface area (Å²) in [5.41, 5.74) is 2.99. The van der Waals surface area contributed by atoms with Crippen LogP contribution in [0.5, 0.6) is 5.88 Å². The molecule has 6 heteroatoms. The van der Waals surface area contributed by atoms with Gasteiger partial charge in [-0.1, -0.05) is 26.0 Å². The van der Waals surface area contributed by atoms with E-state index in [1.54, 1.807) is 13.3 Å². The van der Waals surface area contributed by atoms with Crippen molar-refractivity contribution in [1.29, 1.82) is 0 Å². The molecule has 1 unspecified atom stereocenters. The summed E-state index contributed by atoms with van der Waals surface area (Å²) in [7, 11) is 1.60. The second kappa shape index (κ2) is 14.4. The van der Waals surface area contributed by atoms with Crippen LogP contribution in [-0.2, 0) is 17.8 Å². The van der Waals surface area contributed by atoms with Crippen LogP contribution < -0.4 is 4.74 Å². The number of nitrogens with zero attached hydrogens (tertiary/aromatic N) is 3. The van der Waals surface area contributed by atoms with E-state index in [1.807, 2.05) is 71.1 Å². The van der Waals surface area contributed by atoms with Gasteiger partial charge in [-0.15, -0.1) is 0 Å². The molecule has 2 aromatic rings. The van der Waals surface area contributed by atoms with Gasteiger partial charge < -0.3 is 18.8 Å². The van der Waals surface area contributed by atoms with Gasteiger partial charge >= 0.3 is 0 Å². The number of aryl methyl sites for hydroxylation is 1. The van der Waals surface area contributed by atoms with Crippen molar-refractivity contribution >= 4 is 5.57 Å². The molecule has 6 nitrogen and oxygen atoms in total. The first-order valence-corrected chi connectivity index (χ1v) is 12.3. The lowest BCUT2D eigenvalue weighted by Crippen LogP contribution is -2.29. The average molecular weight is 468 g/mol. The minimum atomic E-state index is 0.428. The molecular formula is C28H41N3O3. The van der Waals surface area contributed by atoms with E-state index in [0.29, 0.717) is 24.4 Å². The maximum absolute atomic E-state index is 5.96. The summed E-state index contributed by atoms with van der Waals surface area (Å²) >= 11 is 0. The zero-order valence-electron chi connectivity index (χ0n) is 21.9. The second-order valence-electron chi connectivity index (χ2n) is 8.22. The summed E-state index contributed by atoms with van der Waals surface area (Å²) in [6.07, 6.45) is 13.1. The zero-order chi connectivity index (χ0) is 24.9. The highest BCUT2D eigenvalue weighted by Crippen LogP contribution is 2.21. The van der Waals surface area contributed by atoms with Crippen LogP contribution in [0.3, 0.4) is 0 Å². The average Bonchev–Trinajstić information content (AvgIpc) is 3.45. The molecule has 2 aromatic heterocycles. The van der Waals surface area contributed by atoms with Gasteiger partial charge in [-0.3, -0.25) is 0 Å². The predicted octanol–water partition coefficient (Wildman–Crippen LogP) is 6.52. The molecule has 1 aliphatic heterocycles. The summed E-state index contributed by atoms with van der Waals surface area (Å²) < 4.78 is 17.0. The number of likely N-dealkylation sites (tertiary alicyclic amines) is 1. The highest BCUT2D eigenvalue weighted by Gasteiger charge is 2.20. The summed E-state index contributed by atoms with van der Waals surface area (Å²) in [5.74, 6) is 2.92. The normalized spacial score (nSPS) is 17.1. The Labute approximate surface area is 205 Å². The van der Waals surface area contributed by atoms with E-state index < -0.39 is 0 Å². The van der Waals surface area contributed by atoms with Crippen molar-refractivity contribution in [2.45, 2.75) is 73.5 Å². The van der Waals surface area contributed by atoms with E-state index in [-0.39, 0.29) is 0 Å². The van der Waals surface area contributed by atoms with Crippen LogP contribution in [0.15, 0.2) is 52.8 Å². The third-order valence-electron chi connectivity index (χ3n) is 5.80. The summed E-state index contributed by atoms with van der Waals surface area (Å²) in [6.45, 7) is 14.9. The molecule has 0 radical (unpaired) electrons. The van der Waals surface area contributed by atoms with Crippen molar-refractivity contribution in [2.75, 3.05) is 20.2 Å². The lowest BCUT2D eigenvalue weighted by atomic mass is 10.2. The van der Waals surface area contributed by atoms with Crippen molar-refractivity contribution in [1.82, 2.24) is 14.9 Å². The van der Waals surface area contributed by atoms with E-state index in [0.717, 1.165) is 41.3 Å². The van der Waals surface area contributed by atoms with Crippen molar-refractivity contribution in [3.05, 3.63) is 71.3 Å². The van der Waals surface area contributed by atoms with Crippen molar-refractivity contribution in [3.63, 3.8) is 0 Å². The van der Waals surface area contributed by atoms with E-state index >= 15 is 0 Å². The molecule has 0 saturated carbocycles. The quantitative estimate of drug-likeness (QED) is 0.293. The maximum Gasteiger partial charge on any atom is 0.222 e. The molecule has 0 amide bonds. The van der Waals surface area contributed by atoms with Gasteiger partial charge in [0.1, 0.15) is 18.1 Å². The molecule has 186 valence electrons. The summed E-state index contributed by atoms with van der Waals surface area (Å²) in [4.78, 5) is 11.5. The Hall–Kier alpha value is -2.86. The molecule has 1 atom stereocenters. The molecule has 1 fully saturated rings. The molecule has 0 aromatic carbocycles. The predicted molar refractivity (Wildman–Crippen MR) is 139 cm³/mol. The van der Waals surface area contributed by atoms with Crippen LogP contribution in [0.2, 0.25) is 0 Å². The van der Waals surface area contributed by atoms with E-state index in [9.17, 15) is 0 Å². The first-order valence-electron chi connectivity index (χ1n) is 12.3. The number of hydrogen-bond acceptors (Lipinski definition) is 6. The Bertz CT molecular complexity index is 958. The number of oxazole rings is 1. The minimum absolute atomic E-state index is 0.428. The highest BCUT2D eigenvalue weighted by molar-refractivity contribution is 5.58. The molecule has 0 spiro atoms. The number of rotatable bonds is 10. The lowest BCUT2D eigenvalue weighted by Gasteiger charge is -2.20. The number of methoxy groups -OCH3 is 1. The van der Waals surface area contributed by atoms with Crippen LogP contribution in [0, 0.1) is 6.92 Å². The fraction of sp³-hybridized carbons (Fsp3) is 0.500. The summed E-state index contributed by atoms with van der Waals surface area (Å²) in [5, 5.41) is 0.